The topological polar surface area (TPSA) is 79.3 Å². The van der Waals surface area contributed by atoms with E-state index in [1.807, 2.05) is 23.9 Å². The summed E-state index contributed by atoms with van der Waals surface area (Å²) >= 11 is 0. The van der Waals surface area contributed by atoms with Crippen molar-refractivity contribution >= 4 is 17.6 Å². The van der Waals surface area contributed by atoms with Crippen molar-refractivity contribution in [3.8, 4) is 0 Å². The van der Waals surface area contributed by atoms with Gasteiger partial charge in [0.25, 0.3) is 0 Å². The third-order valence-electron chi connectivity index (χ3n) is 4.44. The fourth-order valence-electron chi connectivity index (χ4n) is 3.23. The van der Waals surface area contributed by atoms with Crippen LogP contribution < -0.4 is 10.6 Å². The maximum Gasteiger partial charge on any atom is 0.248 e. The van der Waals surface area contributed by atoms with E-state index in [0.29, 0.717) is 31.2 Å². The molecule has 0 aliphatic carbocycles. The van der Waals surface area contributed by atoms with E-state index < -0.39 is 6.04 Å². The van der Waals surface area contributed by atoms with Crippen LogP contribution in [0.4, 0.5) is 5.82 Å². The molecule has 1 aromatic rings. The van der Waals surface area contributed by atoms with Crippen molar-refractivity contribution in [2.75, 3.05) is 25.0 Å². The number of nitrogens with zero attached hydrogens (tertiary/aromatic N) is 3. The minimum atomic E-state index is -0.395. The Morgan fingerprint density at radius 1 is 1.59 bits per heavy atom. The molecule has 0 spiro atoms. The molecule has 22 heavy (non-hydrogen) atoms. The van der Waals surface area contributed by atoms with Gasteiger partial charge >= 0.3 is 0 Å². The van der Waals surface area contributed by atoms with E-state index in [0.717, 1.165) is 25.9 Å². The number of hydrogen-bond acceptors (Lipinski definition) is 4. The molecule has 2 aliphatic rings. The highest BCUT2D eigenvalue weighted by atomic mass is 16.2. The predicted octanol–water partition coefficient (Wildman–Crippen LogP) is 0.757. The fraction of sp³-hybridized carbons (Fsp3) is 0.667. The fourth-order valence-corrected chi connectivity index (χ4v) is 3.23. The Morgan fingerprint density at radius 3 is 3.09 bits per heavy atom. The molecular formula is C15H23N5O2. The molecule has 0 radical (unpaired) electrons. The third kappa shape index (κ3) is 2.99. The van der Waals surface area contributed by atoms with Crippen LogP contribution in [0, 0.1) is 0 Å². The van der Waals surface area contributed by atoms with Gasteiger partial charge in [0.2, 0.25) is 11.8 Å². The standard InChI is InChI=1S/C15H23N5O2/c1-2-12(19-8-3-4-14(19)21)15(22)17-13-6-9-20(18-13)11-5-7-16-10-11/h6,9,11-12,16H,2-5,7-8,10H2,1H3,(H,17,18,22)/t11-,12-/m1/s1. The molecule has 7 heteroatoms. The third-order valence-corrected chi connectivity index (χ3v) is 4.44. The molecule has 2 aliphatic heterocycles. The molecule has 2 atom stereocenters. The van der Waals surface area contributed by atoms with Crippen LogP contribution >= 0.6 is 0 Å². The van der Waals surface area contributed by atoms with Crippen molar-refractivity contribution in [3.05, 3.63) is 12.3 Å². The lowest BCUT2D eigenvalue weighted by atomic mass is 10.2. The van der Waals surface area contributed by atoms with Gasteiger partial charge in [0, 0.05) is 31.8 Å². The molecule has 120 valence electrons. The van der Waals surface area contributed by atoms with Crippen molar-refractivity contribution in [1.29, 1.82) is 0 Å². The first-order valence-corrected chi connectivity index (χ1v) is 8.05. The summed E-state index contributed by atoms with van der Waals surface area (Å²) in [5, 5.41) is 10.6. The molecule has 0 unspecified atom stereocenters. The summed E-state index contributed by atoms with van der Waals surface area (Å²) in [6.07, 6.45) is 4.95. The summed E-state index contributed by atoms with van der Waals surface area (Å²) < 4.78 is 1.90. The molecule has 0 bridgehead atoms. The predicted molar refractivity (Wildman–Crippen MR) is 82.4 cm³/mol. The molecule has 0 aromatic carbocycles. The van der Waals surface area contributed by atoms with Crippen LogP contribution in [0.1, 0.15) is 38.6 Å². The van der Waals surface area contributed by atoms with E-state index in [4.69, 9.17) is 0 Å². The van der Waals surface area contributed by atoms with Crippen LogP contribution in [0.2, 0.25) is 0 Å². The highest BCUT2D eigenvalue weighted by molar-refractivity contribution is 5.96. The molecule has 1 aromatic heterocycles. The van der Waals surface area contributed by atoms with E-state index in [1.54, 1.807) is 4.90 Å². The summed E-state index contributed by atoms with van der Waals surface area (Å²) in [7, 11) is 0. The van der Waals surface area contributed by atoms with Crippen molar-refractivity contribution in [2.45, 2.75) is 44.7 Å². The van der Waals surface area contributed by atoms with E-state index in [9.17, 15) is 9.59 Å². The lowest BCUT2D eigenvalue weighted by molar-refractivity contribution is -0.135. The Labute approximate surface area is 130 Å². The second-order valence-corrected chi connectivity index (χ2v) is 5.93. The Bertz CT molecular complexity index is 550. The second-order valence-electron chi connectivity index (χ2n) is 5.93. The molecule has 2 fully saturated rings. The molecule has 3 rings (SSSR count). The smallest absolute Gasteiger partial charge is 0.248 e. The highest BCUT2D eigenvalue weighted by Crippen LogP contribution is 2.19. The number of aromatic nitrogens is 2. The number of likely N-dealkylation sites (tertiary alicyclic amines) is 1. The van der Waals surface area contributed by atoms with E-state index in [1.165, 1.54) is 0 Å². The first-order valence-electron chi connectivity index (χ1n) is 8.05. The summed E-state index contributed by atoms with van der Waals surface area (Å²) in [6, 6.07) is 1.77. The zero-order chi connectivity index (χ0) is 15.5. The first-order chi connectivity index (χ1) is 10.7. The van der Waals surface area contributed by atoms with Gasteiger partial charge < -0.3 is 15.5 Å². The Balaban J connectivity index is 1.63. The molecular weight excluding hydrogens is 282 g/mol. The van der Waals surface area contributed by atoms with E-state index in [-0.39, 0.29) is 11.8 Å². The van der Waals surface area contributed by atoms with Crippen LogP contribution in [0.5, 0.6) is 0 Å². The zero-order valence-corrected chi connectivity index (χ0v) is 12.9. The molecule has 2 saturated heterocycles. The average Bonchev–Trinajstić information content (AvgIpc) is 3.21. The van der Waals surface area contributed by atoms with Gasteiger partial charge in [0.05, 0.1) is 6.04 Å². The number of amides is 2. The summed E-state index contributed by atoms with van der Waals surface area (Å²) in [4.78, 5) is 26.0. The summed E-state index contributed by atoms with van der Waals surface area (Å²) in [5.41, 5.74) is 0. The number of carbonyl (C=O) groups excluding carboxylic acids is 2. The van der Waals surface area contributed by atoms with Gasteiger partial charge in [-0.1, -0.05) is 6.92 Å². The Morgan fingerprint density at radius 2 is 2.45 bits per heavy atom. The van der Waals surface area contributed by atoms with Gasteiger partial charge in [-0.25, -0.2) is 0 Å². The largest absolute Gasteiger partial charge is 0.331 e. The maximum atomic E-state index is 12.4. The quantitative estimate of drug-likeness (QED) is 0.841. The molecule has 0 saturated carbocycles. The first kappa shape index (κ1) is 15.0. The van der Waals surface area contributed by atoms with Gasteiger partial charge in [0.1, 0.15) is 6.04 Å². The van der Waals surface area contributed by atoms with Gasteiger partial charge in [-0.3, -0.25) is 14.3 Å². The van der Waals surface area contributed by atoms with Gasteiger partial charge in [-0.05, 0) is 25.8 Å². The Kier molecular flexibility index (Phi) is 4.42. The van der Waals surface area contributed by atoms with Crippen molar-refractivity contribution in [3.63, 3.8) is 0 Å². The van der Waals surface area contributed by atoms with Crippen LogP contribution in [0.3, 0.4) is 0 Å². The Hall–Kier alpha value is -1.89. The monoisotopic (exact) mass is 305 g/mol. The van der Waals surface area contributed by atoms with Crippen molar-refractivity contribution < 1.29 is 9.59 Å². The van der Waals surface area contributed by atoms with E-state index in [2.05, 4.69) is 15.7 Å². The van der Waals surface area contributed by atoms with Crippen molar-refractivity contribution in [1.82, 2.24) is 20.0 Å². The number of anilines is 1. The SMILES string of the molecule is CC[C@H](C(=O)Nc1ccn([C@@H]2CCNC2)n1)N1CCCC1=O. The van der Waals surface area contributed by atoms with Crippen LogP contribution in [-0.2, 0) is 9.59 Å². The average molecular weight is 305 g/mol. The van der Waals surface area contributed by atoms with Crippen LogP contribution in [-0.4, -0.2) is 52.2 Å². The molecule has 3 heterocycles. The zero-order valence-electron chi connectivity index (χ0n) is 12.9. The summed E-state index contributed by atoms with van der Waals surface area (Å²) in [6.45, 7) is 4.52. The number of rotatable bonds is 5. The lowest BCUT2D eigenvalue weighted by Crippen LogP contribution is -2.44. The maximum absolute atomic E-state index is 12.4. The lowest BCUT2D eigenvalue weighted by Gasteiger charge is -2.25. The molecule has 7 nitrogen and oxygen atoms in total. The van der Waals surface area contributed by atoms with Gasteiger partial charge in [0.15, 0.2) is 5.82 Å². The van der Waals surface area contributed by atoms with Crippen molar-refractivity contribution in [2.24, 2.45) is 0 Å². The second kappa shape index (κ2) is 6.48. The molecule has 2 N–H and O–H groups in total. The minimum absolute atomic E-state index is 0.0737. The van der Waals surface area contributed by atoms with Gasteiger partial charge in [-0.2, -0.15) is 5.10 Å². The number of hydrogen-bond donors (Lipinski definition) is 2. The van der Waals surface area contributed by atoms with Crippen LogP contribution in [0.25, 0.3) is 0 Å². The highest BCUT2D eigenvalue weighted by Gasteiger charge is 2.31. The van der Waals surface area contributed by atoms with E-state index >= 15 is 0 Å². The number of nitrogens with one attached hydrogen (secondary N) is 2. The normalized spacial score (nSPS) is 23.0. The minimum Gasteiger partial charge on any atom is -0.331 e. The number of carbonyl (C=O) groups is 2. The van der Waals surface area contributed by atoms with Crippen LogP contribution in [0.15, 0.2) is 12.3 Å². The summed E-state index contributed by atoms with van der Waals surface area (Å²) in [5.74, 6) is 0.485. The molecule has 2 amide bonds. The van der Waals surface area contributed by atoms with Gasteiger partial charge in [-0.15, -0.1) is 0 Å².